The number of nitrogens with one attached hydrogen (secondary N) is 3. The van der Waals surface area contributed by atoms with Crippen molar-refractivity contribution in [3.8, 4) is 0 Å². The quantitative estimate of drug-likeness (QED) is 0.770. The highest BCUT2D eigenvalue weighted by molar-refractivity contribution is 6.31. The van der Waals surface area contributed by atoms with Crippen molar-refractivity contribution in [1.82, 2.24) is 0 Å². The topological polar surface area (TPSA) is 23.0 Å². The largest absolute Gasteiger partial charge is 0.322 e. The van der Waals surface area contributed by atoms with Crippen LogP contribution in [-0.4, -0.2) is 26.2 Å². The Labute approximate surface area is 131 Å². The SMILES string of the molecule is Clc1ccccc1C[NH+]1CC[NH+](Cc2cc[nH+]cc2)CC1. The summed E-state index contributed by atoms with van der Waals surface area (Å²) in [4.78, 5) is 6.41. The highest BCUT2D eigenvalue weighted by Crippen LogP contribution is 2.13. The number of aromatic amines is 1. The van der Waals surface area contributed by atoms with Gasteiger partial charge >= 0.3 is 0 Å². The summed E-state index contributed by atoms with van der Waals surface area (Å²) >= 11 is 6.26. The minimum atomic E-state index is 0.903. The van der Waals surface area contributed by atoms with Gasteiger partial charge in [0.2, 0.25) is 0 Å². The standard InChI is InChI=1S/C17H20ClN3/c18-17-4-2-1-3-16(17)14-21-11-9-20(10-12-21)13-15-5-7-19-8-6-15/h1-8H,9-14H2/p+3. The van der Waals surface area contributed by atoms with E-state index in [-0.39, 0.29) is 0 Å². The predicted octanol–water partition coefficient (Wildman–Crippen LogP) is -0.362. The fourth-order valence-corrected chi connectivity index (χ4v) is 3.25. The molecule has 0 unspecified atom stereocenters. The lowest BCUT2D eigenvalue weighted by Gasteiger charge is -2.29. The summed E-state index contributed by atoms with van der Waals surface area (Å²) < 4.78 is 0. The van der Waals surface area contributed by atoms with Gasteiger partial charge < -0.3 is 9.80 Å². The van der Waals surface area contributed by atoms with E-state index in [1.165, 1.54) is 37.3 Å². The molecule has 2 aromatic rings. The maximum atomic E-state index is 6.26. The van der Waals surface area contributed by atoms with Crippen molar-refractivity contribution in [2.45, 2.75) is 13.1 Å². The van der Waals surface area contributed by atoms with Crippen LogP contribution in [0.15, 0.2) is 48.8 Å². The molecular formula is C17H23ClN3+3. The van der Waals surface area contributed by atoms with Gasteiger partial charge in [0.05, 0.1) is 0 Å². The monoisotopic (exact) mass is 304 g/mol. The number of quaternary nitrogens is 2. The lowest BCUT2D eigenvalue weighted by Crippen LogP contribution is -3.27. The number of benzene rings is 1. The Morgan fingerprint density at radius 2 is 1.48 bits per heavy atom. The number of hydrogen-bond acceptors (Lipinski definition) is 0. The minimum absolute atomic E-state index is 0.903. The first-order valence-electron chi connectivity index (χ1n) is 7.67. The zero-order valence-corrected chi connectivity index (χ0v) is 13.0. The van der Waals surface area contributed by atoms with Gasteiger partial charge in [0.15, 0.2) is 12.4 Å². The van der Waals surface area contributed by atoms with Crippen molar-refractivity contribution in [2.75, 3.05) is 26.2 Å². The minimum Gasteiger partial charge on any atom is -0.322 e. The molecule has 1 fully saturated rings. The second-order valence-corrected chi connectivity index (χ2v) is 6.26. The molecule has 21 heavy (non-hydrogen) atoms. The van der Waals surface area contributed by atoms with Crippen LogP contribution >= 0.6 is 11.6 Å². The van der Waals surface area contributed by atoms with Crippen molar-refractivity contribution >= 4 is 11.6 Å². The van der Waals surface area contributed by atoms with E-state index in [1.807, 2.05) is 24.5 Å². The molecule has 110 valence electrons. The Morgan fingerprint density at radius 1 is 0.857 bits per heavy atom. The number of rotatable bonds is 4. The lowest BCUT2D eigenvalue weighted by molar-refractivity contribution is -1.02. The molecule has 4 heteroatoms. The molecule has 1 aliphatic heterocycles. The molecule has 0 radical (unpaired) electrons. The molecule has 0 aliphatic carbocycles. The number of halogens is 1. The molecule has 0 atom stereocenters. The zero-order chi connectivity index (χ0) is 14.5. The molecule has 0 saturated carbocycles. The molecule has 2 heterocycles. The molecule has 1 aromatic carbocycles. The van der Waals surface area contributed by atoms with E-state index in [0.29, 0.717) is 0 Å². The van der Waals surface area contributed by atoms with E-state index in [2.05, 4.69) is 29.2 Å². The maximum absolute atomic E-state index is 6.26. The van der Waals surface area contributed by atoms with Gasteiger partial charge in [-0.1, -0.05) is 29.8 Å². The van der Waals surface area contributed by atoms with Crippen LogP contribution in [0.25, 0.3) is 0 Å². The number of piperazine rings is 1. The normalized spacial score (nSPS) is 22.1. The van der Waals surface area contributed by atoms with Gasteiger partial charge in [0.25, 0.3) is 0 Å². The maximum Gasteiger partial charge on any atom is 0.167 e. The van der Waals surface area contributed by atoms with Crippen molar-refractivity contribution in [3.05, 3.63) is 64.9 Å². The Bertz CT molecular complexity index is 565. The number of aromatic nitrogens is 1. The highest BCUT2D eigenvalue weighted by Gasteiger charge is 2.23. The number of H-pyrrole nitrogens is 1. The molecule has 1 saturated heterocycles. The molecule has 3 nitrogen and oxygen atoms in total. The van der Waals surface area contributed by atoms with Gasteiger partial charge in [-0.15, -0.1) is 0 Å². The molecule has 1 aromatic heterocycles. The average Bonchev–Trinajstić information content (AvgIpc) is 2.52. The zero-order valence-electron chi connectivity index (χ0n) is 12.2. The van der Waals surface area contributed by atoms with E-state index in [9.17, 15) is 0 Å². The third-order valence-corrected chi connectivity index (χ3v) is 4.67. The molecule has 0 amide bonds. The Hall–Kier alpha value is -1.42. The second kappa shape index (κ2) is 7.03. The molecule has 0 spiro atoms. The van der Waals surface area contributed by atoms with E-state index in [0.717, 1.165) is 18.1 Å². The third kappa shape index (κ3) is 4.03. The first kappa shape index (κ1) is 14.5. The van der Waals surface area contributed by atoms with Crippen LogP contribution in [0, 0.1) is 0 Å². The van der Waals surface area contributed by atoms with E-state index in [4.69, 9.17) is 11.6 Å². The predicted molar refractivity (Wildman–Crippen MR) is 83.3 cm³/mol. The Balaban J connectivity index is 1.50. The Kier molecular flexibility index (Phi) is 4.86. The van der Waals surface area contributed by atoms with Gasteiger partial charge in [-0.3, -0.25) is 0 Å². The molecule has 3 N–H and O–H groups in total. The molecule has 0 bridgehead atoms. The van der Waals surface area contributed by atoms with Gasteiger partial charge in [0.1, 0.15) is 39.3 Å². The van der Waals surface area contributed by atoms with Gasteiger partial charge in [0, 0.05) is 28.3 Å². The van der Waals surface area contributed by atoms with Gasteiger partial charge in [-0.2, -0.15) is 0 Å². The first-order valence-corrected chi connectivity index (χ1v) is 8.04. The van der Waals surface area contributed by atoms with Crippen molar-refractivity contribution in [2.24, 2.45) is 0 Å². The summed E-state index contributed by atoms with van der Waals surface area (Å²) in [5.41, 5.74) is 2.69. The van der Waals surface area contributed by atoms with Crippen molar-refractivity contribution < 1.29 is 14.8 Å². The summed E-state index contributed by atoms with van der Waals surface area (Å²) in [6.07, 6.45) is 4.02. The van der Waals surface area contributed by atoms with Crippen LogP contribution in [0.3, 0.4) is 0 Å². The highest BCUT2D eigenvalue weighted by atomic mass is 35.5. The van der Waals surface area contributed by atoms with Crippen molar-refractivity contribution in [1.29, 1.82) is 0 Å². The summed E-state index contributed by atoms with van der Waals surface area (Å²) in [5.74, 6) is 0. The number of pyridine rings is 1. The smallest absolute Gasteiger partial charge is 0.167 e. The molecule has 1 aliphatic rings. The summed E-state index contributed by atoms with van der Waals surface area (Å²) in [6, 6.07) is 12.6. The lowest BCUT2D eigenvalue weighted by atomic mass is 10.2. The van der Waals surface area contributed by atoms with E-state index < -0.39 is 0 Å². The second-order valence-electron chi connectivity index (χ2n) is 5.85. The summed E-state index contributed by atoms with van der Waals surface area (Å²) in [7, 11) is 0. The van der Waals surface area contributed by atoms with E-state index in [1.54, 1.807) is 9.80 Å². The van der Waals surface area contributed by atoms with Gasteiger partial charge in [-0.25, -0.2) is 4.98 Å². The molecule has 3 rings (SSSR count). The van der Waals surface area contributed by atoms with Crippen LogP contribution in [0.2, 0.25) is 5.02 Å². The summed E-state index contributed by atoms with van der Waals surface area (Å²) in [5, 5.41) is 0.903. The average molecular weight is 305 g/mol. The fourth-order valence-electron chi connectivity index (χ4n) is 3.05. The van der Waals surface area contributed by atoms with Crippen LogP contribution in [-0.2, 0) is 13.1 Å². The van der Waals surface area contributed by atoms with E-state index >= 15 is 0 Å². The summed E-state index contributed by atoms with van der Waals surface area (Å²) in [6.45, 7) is 7.09. The third-order valence-electron chi connectivity index (χ3n) is 4.30. The number of hydrogen-bond donors (Lipinski definition) is 2. The van der Waals surface area contributed by atoms with Gasteiger partial charge in [-0.05, 0) is 6.07 Å². The van der Waals surface area contributed by atoms with Crippen LogP contribution < -0.4 is 14.8 Å². The fraction of sp³-hybridized carbons (Fsp3) is 0.353. The van der Waals surface area contributed by atoms with Crippen LogP contribution in [0.5, 0.6) is 0 Å². The van der Waals surface area contributed by atoms with Crippen LogP contribution in [0.4, 0.5) is 0 Å². The Morgan fingerprint density at radius 3 is 2.14 bits per heavy atom. The van der Waals surface area contributed by atoms with Crippen LogP contribution in [0.1, 0.15) is 11.1 Å². The first-order chi connectivity index (χ1) is 10.3. The molecular weight excluding hydrogens is 282 g/mol. The van der Waals surface area contributed by atoms with Crippen molar-refractivity contribution in [3.63, 3.8) is 0 Å².